The number of thioether (sulfide) groups is 1. The minimum absolute atomic E-state index is 0.229. The van der Waals surface area contributed by atoms with Crippen molar-refractivity contribution < 1.29 is 14.3 Å². The number of aliphatic imine (C=N–C) groups is 1. The molecule has 4 nitrogen and oxygen atoms in total. The van der Waals surface area contributed by atoms with Crippen LogP contribution in [-0.2, 0) is 14.3 Å². The van der Waals surface area contributed by atoms with Crippen molar-refractivity contribution in [1.82, 2.24) is 0 Å². The Labute approximate surface area is 201 Å². The maximum atomic E-state index is 12.9. The van der Waals surface area contributed by atoms with Crippen molar-refractivity contribution in [1.29, 1.82) is 0 Å². The quantitative estimate of drug-likeness (QED) is 0.142. The van der Waals surface area contributed by atoms with Gasteiger partial charge in [0.05, 0.1) is 13.2 Å². The molecule has 0 saturated carbocycles. The second-order valence-electron chi connectivity index (χ2n) is 9.36. The Hall–Kier alpha value is -0.650. The number of unbranched alkanes of at least 4 members (excludes halogenated alkanes) is 11. The van der Waals surface area contributed by atoms with Crippen molar-refractivity contribution in [2.45, 2.75) is 135 Å². The highest BCUT2D eigenvalue weighted by atomic mass is 32.2. The Bertz CT molecular complexity index is 616. The van der Waals surface area contributed by atoms with Gasteiger partial charge in [-0.1, -0.05) is 91.4 Å². The molecule has 0 aliphatic carbocycles. The summed E-state index contributed by atoms with van der Waals surface area (Å²) in [6, 6.07) is 0. The third kappa shape index (κ3) is 9.69. The maximum Gasteiger partial charge on any atom is 0.228 e. The van der Waals surface area contributed by atoms with Crippen LogP contribution in [0.4, 0.5) is 0 Å². The average molecular weight is 466 g/mol. The summed E-state index contributed by atoms with van der Waals surface area (Å²) in [6.07, 6.45) is 19.1. The normalized spacial score (nSPS) is 20.7. The van der Waals surface area contributed by atoms with E-state index in [0.717, 1.165) is 48.4 Å². The molecule has 2 rings (SSSR count). The highest BCUT2D eigenvalue weighted by Crippen LogP contribution is 2.50. The number of carbonyl (C=O) groups excluding carboxylic acids is 1. The molecule has 0 aromatic carbocycles. The summed E-state index contributed by atoms with van der Waals surface area (Å²) in [6.45, 7) is 8.02. The molecule has 184 valence electrons. The van der Waals surface area contributed by atoms with E-state index < -0.39 is 5.12 Å². The molecule has 2 aliphatic rings. The Kier molecular flexibility index (Phi) is 13.8. The predicted octanol–water partition coefficient (Wildman–Crippen LogP) is 8.35. The first-order valence-electron chi connectivity index (χ1n) is 13.4. The monoisotopic (exact) mass is 465 g/mol. The lowest BCUT2D eigenvalue weighted by Gasteiger charge is -2.29. The van der Waals surface area contributed by atoms with E-state index in [9.17, 15) is 4.79 Å². The van der Waals surface area contributed by atoms with Gasteiger partial charge in [-0.2, -0.15) is 0 Å². The van der Waals surface area contributed by atoms with Gasteiger partial charge >= 0.3 is 0 Å². The maximum absolute atomic E-state index is 12.9. The molecule has 1 unspecified atom stereocenters. The fourth-order valence-corrected chi connectivity index (χ4v) is 5.54. The second kappa shape index (κ2) is 16.1. The van der Waals surface area contributed by atoms with Gasteiger partial charge in [0.15, 0.2) is 5.78 Å². The molecule has 1 atom stereocenters. The SMILES string of the molecule is CCCCCCCCOC1(OCCCC)CC2=C(N=C(CCCCCCCC)CC2=O)S1. The Morgan fingerprint density at radius 2 is 1.34 bits per heavy atom. The molecule has 0 bridgehead atoms. The Morgan fingerprint density at radius 1 is 0.781 bits per heavy atom. The van der Waals surface area contributed by atoms with E-state index in [1.807, 2.05) is 0 Å². The highest BCUT2D eigenvalue weighted by Gasteiger charge is 2.45. The van der Waals surface area contributed by atoms with Crippen LogP contribution in [0.1, 0.15) is 130 Å². The summed E-state index contributed by atoms with van der Waals surface area (Å²) in [5.74, 6) is 0.229. The zero-order chi connectivity index (χ0) is 23.1. The van der Waals surface area contributed by atoms with Gasteiger partial charge in [0.2, 0.25) is 5.12 Å². The lowest BCUT2D eigenvalue weighted by atomic mass is 9.97. The molecule has 32 heavy (non-hydrogen) atoms. The van der Waals surface area contributed by atoms with Gasteiger partial charge < -0.3 is 9.47 Å². The van der Waals surface area contributed by atoms with Crippen molar-refractivity contribution in [3.05, 3.63) is 10.6 Å². The molecule has 0 N–H and O–H groups in total. The smallest absolute Gasteiger partial charge is 0.228 e. The summed E-state index contributed by atoms with van der Waals surface area (Å²) >= 11 is 1.55. The van der Waals surface area contributed by atoms with Crippen LogP contribution in [0.25, 0.3) is 0 Å². The number of nitrogens with zero attached hydrogens (tertiary/aromatic N) is 1. The number of hydrogen-bond acceptors (Lipinski definition) is 5. The number of rotatable bonds is 19. The fourth-order valence-electron chi connectivity index (χ4n) is 4.26. The number of carbonyl (C=O) groups is 1. The van der Waals surface area contributed by atoms with Crippen LogP contribution in [-0.4, -0.2) is 29.8 Å². The zero-order valence-corrected chi connectivity index (χ0v) is 21.8. The minimum atomic E-state index is -0.752. The highest BCUT2D eigenvalue weighted by molar-refractivity contribution is 8.04. The van der Waals surface area contributed by atoms with E-state index in [1.54, 1.807) is 11.8 Å². The summed E-state index contributed by atoms with van der Waals surface area (Å²) in [5.41, 5.74) is 1.89. The second-order valence-corrected chi connectivity index (χ2v) is 10.6. The summed E-state index contributed by atoms with van der Waals surface area (Å²) < 4.78 is 12.6. The summed E-state index contributed by atoms with van der Waals surface area (Å²) in [7, 11) is 0. The molecule has 0 amide bonds. The molecule has 2 heterocycles. The Morgan fingerprint density at radius 3 is 2.00 bits per heavy atom. The van der Waals surface area contributed by atoms with Crippen LogP contribution in [0.3, 0.4) is 0 Å². The van der Waals surface area contributed by atoms with Crippen LogP contribution < -0.4 is 0 Å². The first kappa shape index (κ1) is 27.6. The van der Waals surface area contributed by atoms with Gasteiger partial charge in [0.1, 0.15) is 5.03 Å². The van der Waals surface area contributed by atoms with Crippen molar-refractivity contribution in [2.75, 3.05) is 13.2 Å². The van der Waals surface area contributed by atoms with Crippen LogP contribution in [0.15, 0.2) is 15.6 Å². The Balaban J connectivity index is 1.87. The number of ether oxygens (including phenoxy) is 2. The molecule has 0 radical (unpaired) electrons. The molecule has 0 saturated heterocycles. The third-order valence-electron chi connectivity index (χ3n) is 6.32. The summed E-state index contributed by atoms with van der Waals surface area (Å²) in [5, 5.41) is 0.111. The van der Waals surface area contributed by atoms with Gasteiger partial charge in [-0.05, 0) is 37.4 Å². The molecule has 0 spiro atoms. The number of hydrogen-bond donors (Lipinski definition) is 0. The van der Waals surface area contributed by atoms with Crippen molar-refractivity contribution >= 4 is 23.3 Å². The van der Waals surface area contributed by atoms with Crippen molar-refractivity contribution in [3.8, 4) is 0 Å². The molecule has 0 aromatic rings. The van der Waals surface area contributed by atoms with E-state index in [4.69, 9.17) is 14.5 Å². The predicted molar refractivity (Wildman–Crippen MR) is 137 cm³/mol. The topological polar surface area (TPSA) is 47.9 Å². The van der Waals surface area contributed by atoms with E-state index in [0.29, 0.717) is 26.1 Å². The van der Waals surface area contributed by atoms with E-state index in [2.05, 4.69) is 20.8 Å². The molecule has 0 aromatic heterocycles. The summed E-state index contributed by atoms with van der Waals surface area (Å²) in [4.78, 5) is 17.8. The van der Waals surface area contributed by atoms with Gasteiger partial charge in [-0.25, -0.2) is 4.99 Å². The van der Waals surface area contributed by atoms with Crippen LogP contribution >= 0.6 is 11.8 Å². The fraction of sp³-hybridized carbons (Fsp3) is 0.852. The number of ketones is 1. The van der Waals surface area contributed by atoms with Crippen LogP contribution in [0, 0.1) is 0 Å². The zero-order valence-electron chi connectivity index (χ0n) is 21.0. The standard InChI is InChI=1S/C27H47NO3S/c1-4-7-10-12-14-16-18-23-21-25(29)24-22-27(30-19-9-6-3,32-26(24)28-23)31-20-17-15-13-11-8-5-2/h4-22H2,1-3H3. The van der Waals surface area contributed by atoms with Gasteiger partial charge in [-0.3, -0.25) is 4.79 Å². The van der Waals surface area contributed by atoms with Gasteiger partial charge in [-0.15, -0.1) is 0 Å². The van der Waals surface area contributed by atoms with Gasteiger partial charge in [0.25, 0.3) is 0 Å². The average Bonchev–Trinajstić information content (AvgIpc) is 3.15. The lowest BCUT2D eigenvalue weighted by molar-refractivity contribution is -0.170. The largest absolute Gasteiger partial charge is 0.341 e. The van der Waals surface area contributed by atoms with E-state index in [-0.39, 0.29) is 5.78 Å². The van der Waals surface area contributed by atoms with E-state index >= 15 is 0 Å². The first-order valence-corrected chi connectivity index (χ1v) is 14.3. The third-order valence-corrected chi connectivity index (χ3v) is 7.55. The molecule has 0 fully saturated rings. The van der Waals surface area contributed by atoms with E-state index in [1.165, 1.54) is 64.2 Å². The number of Topliss-reactive ketones (excluding diaryl/α,β-unsaturated/α-hetero) is 1. The molecule has 5 heteroatoms. The lowest BCUT2D eigenvalue weighted by Crippen LogP contribution is -2.32. The van der Waals surface area contributed by atoms with Crippen LogP contribution in [0.5, 0.6) is 0 Å². The molecular formula is C27H47NO3S. The first-order chi connectivity index (χ1) is 15.6. The molecular weight excluding hydrogens is 418 g/mol. The van der Waals surface area contributed by atoms with Crippen LogP contribution in [0.2, 0.25) is 0 Å². The molecule has 2 aliphatic heterocycles. The minimum Gasteiger partial charge on any atom is -0.341 e. The van der Waals surface area contributed by atoms with Crippen molar-refractivity contribution in [2.24, 2.45) is 4.99 Å². The van der Waals surface area contributed by atoms with Crippen molar-refractivity contribution in [3.63, 3.8) is 0 Å². The van der Waals surface area contributed by atoms with Gasteiger partial charge in [0, 0.05) is 24.1 Å².